The van der Waals surface area contributed by atoms with Crippen molar-refractivity contribution >= 4 is 0 Å². The van der Waals surface area contributed by atoms with Gasteiger partial charge in [0.15, 0.2) is 0 Å². The molecule has 0 spiro atoms. The third-order valence-electron chi connectivity index (χ3n) is 2.94. The summed E-state index contributed by atoms with van der Waals surface area (Å²) < 4.78 is 0. The summed E-state index contributed by atoms with van der Waals surface area (Å²) in [7, 11) is 0. The van der Waals surface area contributed by atoms with E-state index in [1.807, 2.05) is 24.8 Å². The summed E-state index contributed by atoms with van der Waals surface area (Å²) in [5.74, 6) is 0. The van der Waals surface area contributed by atoms with E-state index in [9.17, 15) is 0 Å². The highest BCUT2D eigenvalue weighted by molar-refractivity contribution is 5.23. The smallest absolute Gasteiger partial charge is 0.0376 e. The van der Waals surface area contributed by atoms with Gasteiger partial charge in [0, 0.05) is 30.8 Å². The fourth-order valence-electron chi connectivity index (χ4n) is 2.08. The fraction of sp³-hybridized carbons (Fsp3) is 0.333. The van der Waals surface area contributed by atoms with Gasteiger partial charge in [0.1, 0.15) is 0 Å². The summed E-state index contributed by atoms with van der Waals surface area (Å²) in [6.07, 6.45) is 8.47. The largest absolute Gasteiger partial charge is 0.310 e. The molecule has 3 nitrogen and oxygen atoms in total. The van der Waals surface area contributed by atoms with Crippen LogP contribution in [0.4, 0.5) is 0 Å². The number of nitrogens with one attached hydrogen (secondary N) is 1. The third kappa shape index (κ3) is 3.37. The Morgan fingerprint density at radius 2 is 1.94 bits per heavy atom. The molecule has 18 heavy (non-hydrogen) atoms. The second-order valence-corrected chi connectivity index (χ2v) is 4.47. The molecule has 0 aliphatic heterocycles. The summed E-state index contributed by atoms with van der Waals surface area (Å²) in [6, 6.07) is 6.63. The number of aryl methyl sites for hydroxylation is 1. The highest BCUT2D eigenvalue weighted by Crippen LogP contribution is 2.18. The average molecular weight is 241 g/mol. The second kappa shape index (κ2) is 6.26. The van der Waals surface area contributed by atoms with Crippen molar-refractivity contribution in [3.8, 4) is 0 Å². The lowest BCUT2D eigenvalue weighted by molar-refractivity contribution is 0.547. The lowest BCUT2D eigenvalue weighted by Crippen LogP contribution is -2.23. The van der Waals surface area contributed by atoms with Gasteiger partial charge in [-0.25, -0.2) is 0 Å². The Hall–Kier alpha value is -1.74. The minimum absolute atomic E-state index is 0.310. The van der Waals surface area contributed by atoms with E-state index in [1.165, 1.54) is 16.7 Å². The molecule has 1 unspecified atom stereocenters. The van der Waals surface area contributed by atoms with E-state index >= 15 is 0 Å². The first kappa shape index (κ1) is 12.7. The molecule has 0 saturated carbocycles. The zero-order valence-electron chi connectivity index (χ0n) is 10.9. The van der Waals surface area contributed by atoms with Gasteiger partial charge in [0.2, 0.25) is 0 Å². The molecule has 2 aromatic rings. The Morgan fingerprint density at radius 3 is 2.61 bits per heavy atom. The topological polar surface area (TPSA) is 37.8 Å². The second-order valence-electron chi connectivity index (χ2n) is 4.47. The molecule has 3 heteroatoms. The van der Waals surface area contributed by atoms with Gasteiger partial charge in [-0.1, -0.05) is 13.0 Å². The Labute approximate surface area is 108 Å². The van der Waals surface area contributed by atoms with Crippen molar-refractivity contribution in [3.63, 3.8) is 0 Å². The molecule has 0 aromatic carbocycles. The van der Waals surface area contributed by atoms with Gasteiger partial charge in [-0.2, -0.15) is 0 Å². The van der Waals surface area contributed by atoms with E-state index in [-0.39, 0.29) is 0 Å². The standard InChI is InChI=1S/C15H19N3/c1-3-18-15(9-13-4-6-16-7-5-13)14-8-12(2)10-17-11-14/h4-8,10-11,15,18H,3,9H2,1-2H3. The Balaban J connectivity index is 2.18. The van der Waals surface area contributed by atoms with Gasteiger partial charge >= 0.3 is 0 Å². The van der Waals surface area contributed by atoms with Crippen LogP contribution >= 0.6 is 0 Å². The summed E-state index contributed by atoms with van der Waals surface area (Å²) in [4.78, 5) is 8.33. The van der Waals surface area contributed by atoms with Crippen molar-refractivity contribution in [1.82, 2.24) is 15.3 Å². The van der Waals surface area contributed by atoms with E-state index in [0.29, 0.717) is 6.04 Å². The Bertz CT molecular complexity index is 482. The molecule has 2 rings (SSSR count). The normalized spacial score (nSPS) is 12.3. The molecule has 2 aromatic heterocycles. The lowest BCUT2D eigenvalue weighted by Gasteiger charge is -2.18. The highest BCUT2D eigenvalue weighted by Gasteiger charge is 2.11. The monoisotopic (exact) mass is 241 g/mol. The van der Waals surface area contributed by atoms with Crippen LogP contribution in [0.5, 0.6) is 0 Å². The number of hydrogen-bond acceptors (Lipinski definition) is 3. The van der Waals surface area contributed by atoms with Crippen LogP contribution in [0.2, 0.25) is 0 Å². The van der Waals surface area contributed by atoms with Crippen LogP contribution < -0.4 is 5.32 Å². The molecule has 0 amide bonds. The zero-order valence-corrected chi connectivity index (χ0v) is 10.9. The van der Waals surface area contributed by atoms with Crippen LogP contribution in [0.3, 0.4) is 0 Å². The maximum absolute atomic E-state index is 4.28. The van der Waals surface area contributed by atoms with E-state index in [2.05, 4.69) is 47.3 Å². The number of rotatable bonds is 5. The maximum atomic E-state index is 4.28. The van der Waals surface area contributed by atoms with Gasteiger partial charge in [-0.05, 0) is 48.7 Å². The van der Waals surface area contributed by atoms with Crippen molar-refractivity contribution < 1.29 is 0 Å². The molecule has 2 heterocycles. The summed E-state index contributed by atoms with van der Waals surface area (Å²) in [5.41, 5.74) is 3.73. The van der Waals surface area contributed by atoms with Crippen LogP contribution in [0.25, 0.3) is 0 Å². The predicted molar refractivity (Wildman–Crippen MR) is 73.3 cm³/mol. The van der Waals surface area contributed by atoms with Crippen molar-refractivity contribution in [2.75, 3.05) is 6.54 Å². The van der Waals surface area contributed by atoms with Crippen molar-refractivity contribution in [3.05, 3.63) is 59.7 Å². The Kier molecular flexibility index (Phi) is 4.42. The molecule has 0 fully saturated rings. The molecule has 0 bridgehead atoms. The number of nitrogens with zero attached hydrogens (tertiary/aromatic N) is 2. The van der Waals surface area contributed by atoms with E-state index in [1.54, 1.807) is 0 Å². The molecule has 94 valence electrons. The zero-order chi connectivity index (χ0) is 12.8. The average Bonchev–Trinajstić information content (AvgIpc) is 2.39. The first-order valence-electron chi connectivity index (χ1n) is 6.33. The number of pyridine rings is 2. The first-order valence-corrected chi connectivity index (χ1v) is 6.33. The molecule has 0 aliphatic carbocycles. The molecule has 1 N–H and O–H groups in total. The third-order valence-corrected chi connectivity index (χ3v) is 2.94. The molecular weight excluding hydrogens is 222 g/mol. The van der Waals surface area contributed by atoms with Crippen LogP contribution in [0.1, 0.15) is 29.7 Å². The van der Waals surface area contributed by atoms with Crippen LogP contribution in [-0.2, 0) is 6.42 Å². The van der Waals surface area contributed by atoms with E-state index < -0.39 is 0 Å². The van der Waals surface area contributed by atoms with Gasteiger partial charge < -0.3 is 5.32 Å². The summed E-state index contributed by atoms with van der Waals surface area (Å²) >= 11 is 0. The van der Waals surface area contributed by atoms with Crippen molar-refractivity contribution in [1.29, 1.82) is 0 Å². The molecular formula is C15H19N3. The van der Waals surface area contributed by atoms with Crippen LogP contribution in [0.15, 0.2) is 43.0 Å². The lowest BCUT2D eigenvalue weighted by atomic mass is 10.00. The Morgan fingerprint density at radius 1 is 1.17 bits per heavy atom. The van der Waals surface area contributed by atoms with Gasteiger partial charge in [-0.15, -0.1) is 0 Å². The molecule has 0 aliphatic rings. The maximum Gasteiger partial charge on any atom is 0.0376 e. The van der Waals surface area contributed by atoms with Crippen molar-refractivity contribution in [2.45, 2.75) is 26.3 Å². The number of hydrogen-bond donors (Lipinski definition) is 1. The SMILES string of the molecule is CCNC(Cc1ccncc1)c1cncc(C)c1. The van der Waals surface area contributed by atoms with Gasteiger partial charge in [0.05, 0.1) is 0 Å². The van der Waals surface area contributed by atoms with Crippen LogP contribution in [-0.4, -0.2) is 16.5 Å². The fourth-order valence-corrected chi connectivity index (χ4v) is 2.08. The van der Waals surface area contributed by atoms with E-state index in [0.717, 1.165) is 13.0 Å². The molecule has 1 atom stereocenters. The minimum atomic E-state index is 0.310. The molecule has 0 saturated heterocycles. The number of likely N-dealkylation sites (N-methyl/N-ethyl adjacent to an activating group) is 1. The summed E-state index contributed by atoms with van der Waals surface area (Å²) in [5, 5.41) is 3.51. The minimum Gasteiger partial charge on any atom is -0.310 e. The van der Waals surface area contributed by atoms with E-state index in [4.69, 9.17) is 0 Å². The van der Waals surface area contributed by atoms with Gasteiger partial charge in [0.25, 0.3) is 0 Å². The molecule has 0 radical (unpaired) electrons. The predicted octanol–water partition coefficient (Wildman–Crippen LogP) is 2.68. The summed E-state index contributed by atoms with van der Waals surface area (Å²) in [6.45, 7) is 5.15. The van der Waals surface area contributed by atoms with Gasteiger partial charge in [-0.3, -0.25) is 9.97 Å². The highest BCUT2D eigenvalue weighted by atomic mass is 14.9. The van der Waals surface area contributed by atoms with Crippen molar-refractivity contribution in [2.24, 2.45) is 0 Å². The first-order chi connectivity index (χ1) is 8.79. The quantitative estimate of drug-likeness (QED) is 0.874. The number of aromatic nitrogens is 2. The van der Waals surface area contributed by atoms with Crippen LogP contribution in [0, 0.1) is 6.92 Å².